The van der Waals surface area contributed by atoms with E-state index in [0.717, 1.165) is 11.2 Å². The van der Waals surface area contributed by atoms with Crippen molar-refractivity contribution in [1.82, 2.24) is 0 Å². The zero-order valence-corrected chi connectivity index (χ0v) is 8.73. The molecule has 2 aromatic rings. The Morgan fingerprint density at radius 3 is 2.38 bits per heavy atom. The van der Waals surface area contributed by atoms with Crippen molar-refractivity contribution in [3.05, 3.63) is 23.2 Å². The van der Waals surface area contributed by atoms with Crippen LogP contribution in [0.2, 0.25) is 5.02 Å². The standard InChI is InChI=1S/C6H3ClO.C3H7ClO/c7-5-3-4-1-2-6(5)8-4;1-2-5-3-4/h1-3H;2-3H2,1H3. The number of alkyl halides is 1. The van der Waals surface area contributed by atoms with E-state index in [1.54, 1.807) is 6.07 Å². The van der Waals surface area contributed by atoms with Crippen molar-refractivity contribution in [2.75, 3.05) is 12.7 Å². The number of rotatable bonds is 2. The number of fused-ring (bicyclic) bond motifs is 2. The Morgan fingerprint density at radius 1 is 1.46 bits per heavy atom. The van der Waals surface area contributed by atoms with Gasteiger partial charge in [-0.15, -0.1) is 0 Å². The van der Waals surface area contributed by atoms with Crippen LogP contribution in [-0.4, -0.2) is 12.7 Å². The Labute approximate surface area is 86.7 Å². The summed E-state index contributed by atoms with van der Waals surface area (Å²) in [7, 11) is 0. The van der Waals surface area contributed by atoms with Crippen LogP contribution in [0.25, 0.3) is 11.2 Å². The lowest BCUT2D eigenvalue weighted by atomic mass is 10.4. The predicted molar refractivity (Wildman–Crippen MR) is 54.8 cm³/mol. The monoisotopic (exact) mass is 220 g/mol. The lowest BCUT2D eigenvalue weighted by Gasteiger charge is -1.84. The van der Waals surface area contributed by atoms with Crippen LogP contribution in [-0.2, 0) is 4.74 Å². The van der Waals surface area contributed by atoms with Gasteiger partial charge in [-0.25, -0.2) is 0 Å². The number of halogens is 2. The highest BCUT2D eigenvalue weighted by molar-refractivity contribution is 6.34. The van der Waals surface area contributed by atoms with Gasteiger partial charge in [0.1, 0.15) is 17.2 Å². The van der Waals surface area contributed by atoms with E-state index in [-0.39, 0.29) is 0 Å². The summed E-state index contributed by atoms with van der Waals surface area (Å²) in [5.41, 5.74) is 1.63. The summed E-state index contributed by atoms with van der Waals surface area (Å²) >= 11 is 10.7. The normalized spacial score (nSPS) is 10.1. The van der Waals surface area contributed by atoms with Gasteiger partial charge in [-0.05, 0) is 19.1 Å². The number of hydrogen-bond acceptors (Lipinski definition) is 2. The zero-order valence-electron chi connectivity index (χ0n) is 7.22. The molecule has 2 bridgehead atoms. The third-order valence-corrected chi connectivity index (χ3v) is 1.86. The molecule has 0 atom stereocenters. The molecule has 0 aromatic carbocycles. The van der Waals surface area contributed by atoms with Crippen molar-refractivity contribution >= 4 is 34.4 Å². The van der Waals surface area contributed by atoms with Gasteiger partial charge in [0.2, 0.25) is 0 Å². The fourth-order valence-corrected chi connectivity index (χ4v) is 1.20. The first-order valence-electron chi connectivity index (χ1n) is 3.89. The van der Waals surface area contributed by atoms with E-state index in [0.29, 0.717) is 17.7 Å². The van der Waals surface area contributed by atoms with E-state index in [1.807, 2.05) is 19.1 Å². The minimum absolute atomic E-state index is 0.316. The quantitative estimate of drug-likeness (QED) is 0.720. The van der Waals surface area contributed by atoms with Gasteiger partial charge in [-0.3, -0.25) is 0 Å². The third kappa shape index (κ3) is 3.07. The fraction of sp³-hybridized carbons (Fsp3) is 0.333. The van der Waals surface area contributed by atoms with Gasteiger partial charge < -0.3 is 9.15 Å². The van der Waals surface area contributed by atoms with Crippen LogP contribution in [0.15, 0.2) is 22.6 Å². The molecule has 0 aliphatic heterocycles. The van der Waals surface area contributed by atoms with Crippen molar-refractivity contribution in [2.45, 2.75) is 6.92 Å². The Bertz CT molecular complexity index is 330. The lowest BCUT2D eigenvalue weighted by molar-refractivity contribution is 0.195. The molecule has 0 saturated carbocycles. The predicted octanol–water partition coefficient (Wildman–Crippen LogP) is 3.74. The zero-order chi connectivity index (χ0) is 9.68. The highest BCUT2D eigenvalue weighted by atomic mass is 35.5. The van der Waals surface area contributed by atoms with Crippen molar-refractivity contribution in [2.24, 2.45) is 0 Å². The first kappa shape index (κ1) is 10.6. The molecular weight excluding hydrogens is 211 g/mol. The van der Waals surface area contributed by atoms with Crippen LogP contribution in [0, 0.1) is 0 Å². The second-order valence-corrected chi connectivity index (χ2v) is 2.92. The van der Waals surface area contributed by atoms with E-state index >= 15 is 0 Å². The Balaban J connectivity index is 0.000000149. The van der Waals surface area contributed by atoms with Crippen LogP contribution in [0.3, 0.4) is 0 Å². The summed E-state index contributed by atoms with van der Waals surface area (Å²) in [5.74, 6) is 0. The number of benzene rings is 1. The Morgan fingerprint density at radius 2 is 2.23 bits per heavy atom. The van der Waals surface area contributed by atoms with Crippen molar-refractivity contribution in [3.8, 4) is 0 Å². The van der Waals surface area contributed by atoms with Gasteiger partial charge in [-0.1, -0.05) is 23.2 Å². The maximum atomic E-state index is 5.64. The van der Waals surface area contributed by atoms with Crippen LogP contribution in [0.1, 0.15) is 6.92 Å². The largest absolute Gasteiger partial charge is 0.456 e. The lowest BCUT2D eigenvalue weighted by Crippen LogP contribution is -1.81. The molecule has 2 nitrogen and oxygen atoms in total. The van der Waals surface area contributed by atoms with Crippen molar-refractivity contribution < 1.29 is 9.15 Å². The number of ether oxygens (including phenoxy) is 1. The summed E-state index contributed by atoms with van der Waals surface area (Å²) in [6.07, 6.45) is 0. The summed E-state index contributed by atoms with van der Waals surface area (Å²) in [6.45, 7) is 2.62. The molecule has 72 valence electrons. The molecule has 2 aromatic heterocycles. The molecular formula is C9H10Cl2O2. The van der Waals surface area contributed by atoms with Crippen LogP contribution in [0.4, 0.5) is 0 Å². The Kier molecular flexibility index (Phi) is 4.36. The summed E-state index contributed by atoms with van der Waals surface area (Å²) in [5, 5.41) is 0.711. The maximum Gasteiger partial charge on any atom is 0.146 e. The van der Waals surface area contributed by atoms with Crippen LogP contribution in [0.5, 0.6) is 0 Å². The average molecular weight is 221 g/mol. The first-order chi connectivity index (χ1) is 6.27. The van der Waals surface area contributed by atoms with E-state index in [1.165, 1.54) is 0 Å². The highest BCUT2D eigenvalue weighted by Crippen LogP contribution is 2.25. The van der Waals surface area contributed by atoms with E-state index in [2.05, 4.69) is 4.74 Å². The average Bonchev–Trinajstić information content (AvgIpc) is 2.67. The van der Waals surface area contributed by atoms with E-state index in [4.69, 9.17) is 27.6 Å². The molecule has 0 aliphatic carbocycles. The number of furan rings is 2. The Hall–Kier alpha value is -0.440. The van der Waals surface area contributed by atoms with Gasteiger partial charge >= 0.3 is 0 Å². The second-order valence-electron chi connectivity index (χ2n) is 2.30. The molecule has 0 radical (unpaired) electrons. The van der Waals surface area contributed by atoms with Gasteiger partial charge in [0.15, 0.2) is 0 Å². The molecule has 4 heteroatoms. The maximum absolute atomic E-state index is 5.64. The molecule has 0 N–H and O–H groups in total. The van der Waals surface area contributed by atoms with Gasteiger partial charge in [0, 0.05) is 12.7 Å². The summed E-state index contributed by atoms with van der Waals surface area (Å²) in [4.78, 5) is 0. The summed E-state index contributed by atoms with van der Waals surface area (Å²) < 4.78 is 9.68. The molecule has 0 amide bonds. The minimum Gasteiger partial charge on any atom is -0.456 e. The van der Waals surface area contributed by atoms with Gasteiger partial charge in [0.05, 0.1) is 5.02 Å². The molecule has 0 fully saturated rings. The molecule has 0 unspecified atom stereocenters. The van der Waals surface area contributed by atoms with Crippen LogP contribution >= 0.6 is 23.2 Å². The van der Waals surface area contributed by atoms with Gasteiger partial charge in [-0.2, -0.15) is 0 Å². The fourth-order valence-electron chi connectivity index (χ4n) is 0.832. The third-order valence-electron chi connectivity index (χ3n) is 1.41. The summed E-state index contributed by atoms with van der Waals surface area (Å²) in [6, 6.07) is 5.87. The molecule has 13 heavy (non-hydrogen) atoms. The molecule has 0 saturated heterocycles. The van der Waals surface area contributed by atoms with E-state index < -0.39 is 0 Å². The van der Waals surface area contributed by atoms with E-state index in [9.17, 15) is 0 Å². The molecule has 0 aliphatic rings. The van der Waals surface area contributed by atoms with Gasteiger partial charge in [0.25, 0.3) is 0 Å². The second kappa shape index (κ2) is 5.32. The highest BCUT2D eigenvalue weighted by Gasteiger charge is 2.01. The smallest absolute Gasteiger partial charge is 0.146 e. The molecule has 0 spiro atoms. The topological polar surface area (TPSA) is 22.4 Å². The minimum atomic E-state index is 0.316. The SMILES string of the molecule is CCOCCl.Clc1cc2ccc1o2. The molecule has 2 heterocycles. The molecule has 2 rings (SSSR count). The van der Waals surface area contributed by atoms with Crippen LogP contribution < -0.4 is 0 Å². The first-order valence-corrected chi connectivity index (χ1v) is 4.80. The van der Waals surface area contributed by atoms with Crippen molar-refractivity contribution in [3.63, 3.8) is 0 Å². The number of hydrogen-bond donors (Lipinski definition) is 0. The van der Waals surface area contributed by atoms with Crippen molar-refractivity contribution in [1.29, 1.82) is 0 Å².